The molecule has 1 fully saturated rings. The second-order valence-corrected chi connectivity index (χ2v) is 5.41. The second kappa shape index (κ2) is 4.53. The molecule has 0 spiro atoms. The molecule has 1 aliphatic carbocycles. The summed E-state index contributed by atoms with van der Waals surface area (Å²) in [5, 5.41) is 3.47. The van der Waals surface area contributed by atoms with Gasteiger partial charge in [0.1, 0.15) is 11.6 Å². The molecule has 19 heavy (non-hydrogen) atoms. The van der Waals surface area contributed by atoms with Crippen molar-refractivity contribution < 1.29 is 0 Å². The molecule has 0 atom stereocenters. The van der Waals surface area contributed by atoms with E-state index in [0.29, 0.717) is 11.6 Å². The molecule has 1 heterocycles. The molecule has 1 aromatic heterocycles. The number of nitrogen functional groups attached to an aromatic ring is 1. The normalized spacial score (nSPS) is 16.7. The van der Waals surface area contributed by atoms with Gasteiger partial charge in [0.2, 0.25) is 0 Å². The molecule has 1 aromatic carbocycles. The van der Waals surface area contributed by atoms with Crippen molar-refractivity contribution in [3.05, 3.63) is 36.4 Å². The van der Waals surface area contributed by atoms with Crippen molar-refractivity contribution in [1.29, 1.82) is 0 Å². The first-order valence-electron chi connectivity index (χ1n) is 6.63. The quantitative estimate of drug-likeness (QED) is 0.883. The number of anilines is 2. The number of hydrogen-bond donors (Lipinski definition) is 2. The van der Waals surface area contributed by atoms with E-state index in [1.807, 2.05) is 30.3 Å². The third-order valence-corrected chi connectivity index (χ3v) is 3.66. The van der Waals surface area contributed by atoms with Crippen LogP contribution in [0, 0.1) is 0 Å². The predicted octanol–water partition coefficient (Wildman–Crippen LogP) is 3.08. The average Bonchev–Trinajstić information content (AvgIpc) is 2.37. The number of nitrogens with two attached hydrogens (primary N) is 1. The summed E-state index contributed by atoms with van der Waals surface area (Å²) in [6.45, 7) is 2.22. The smallest absolute Gasteiger partial charge is 0.163 e. The SMILES string of the molecule is CC1(Nc2cc(N)nc(-c3ccccc3)n2)CCC1. The van der Waals surface area contributed by atoms with Gasteiger partial charge in [0.25, 0.3) is 0 Å². The van der Waals surface area contributed by atoms with Crippen molar-refractivity contribution in [2.45, 2.75) is 31.7 Å². The van der Waals surface area contributed by atoms with Gasteiger partial charge in [-0.05, 0) is 26.2 Å². The average molecular weight is 254 g/mol. The van der Waals surface area contributed by atoms with Gasteiger partial charge in [0.15, 0.2) is 5.82 Å². The van der Waals surface area contributed by atoms with Gasteiger partial charge in [-0.2, -0.15) is 0 Å². The van der Waals surface area contributed by atoms with Gasteiger partial charge in [-0.15, -0.1) is 0 Å². The lowest BCUT2D eigenvalue weighted by molar-refractivity contribution is 0.306. The molecule has 0 bridgehead atoms. The van der Waals surface area contributed by atoms with E-state index in [2.05, 4.69) is 22.2 Å². The van der Waals surface area contributed by atoms with E-state index in [1.54, 1.807) is 6.07 Å². The molecular weight excluding hydrogens is 236 g/mol. The van der Waals surface area contributed by atoms with Crippen LogP contribution in [0.15, 0.2) is 36.4 Å². The molecular formula is C15H18N4. The summed E-state index contributed by atoms with van der Waals surface area (Å²) in [7, 11) is 0. The molecule has 4 heteroatoms. The van der Waals surface area contributed by atoms with Gasteiger partial charge in [-0.1, -0.05) is 30.3 Å². The number of rotatable bonds is 3. The highest BCUT2D eigenvalue weighted by molar-refractivity contribution is 5.60. The van der Waals surface area contributed by atoms with Gasteiger partial charge in [0.05, 0.1) is 0 Å². The number of hydrogen-bond acceptors (Lipinski definition) is 4. The van der Waals surface area contributed by atoms with E-state index < -0.39 is 0 Å². The largest absolute Gasteiger partial charge is 0.384 e. The Morgan fingerprint density at radius 1 is 1.16 bits per heavy atom. The fraction of sp³-hybridized carbons (Fsp3) is 0.333. The molecule has 0 saturated heterocycles. The Kier molecular flexibility index (Phi) is 2.85. The number of aromatic nitrogens is 2. The fourth-order valence-corrected chi connectivity index (χ4v) is 2.39. The van der Waals surface area contributed by atoms with Crippen molar-refractivity contribution >= 4 is 11.6 Å². The van der Waals surface area contributed by atoms with Crippen LogP contribution in [0.1, 0.15) is 26.2 Å². The van der Waals surface area contributed by atoms with Crippen LogP contribution in [0.2, 0.25) is 0 Å². The van der Waals surface area contributed by atoms with Crippen molar-refractivity contribution in [3.8, 4) is 11.4 Å². The fourth-order valence-electron chi connectivity index (χ4n) is 2.39. The Morgan fingerprint density at radius 2 is 1.89 bits per heavy atom. The summed E-state index contributed by atoms with van der Waals surface area (Å²) in [4.78, 5) is 8.87. The van der Waals surface area contributed by atoms with Gasteiger partial charge in [0, 0.05) is 17.2 Å². The lowest BCUT2D eigenvalue weighted by Gasteiger charge is -2.39. The summed E-state index contributed by atoms with van der Waals surface area (Å²) in [6.07, 6.45) is 3.63. The molecule has 1 aliphatic rings. The molecule has 0 unspecified atom stereocenters. The lowest BCUT2D eigenvalue weighted by Crippen LogP contribution is -2.41. The van der Waals surface area contributed by atoms with Crippen molar-refractivity contribution in [3.63, 3.8) is 0 Å². The summed E-state index contributed by atoms with van der Waals surface area (Å²) in [5.41, 5.74) is 7.03. The Bertz CT molecular complexity index is 576. The van der Waals surface area contributed by atoms with Crippen LogP contribution in [-0.4, -0.2) is 15.5 Å². The maximum Gasteiger partial charge on any atom is 0.163 e. The molecule has 4 nitrogen and oxygen atoms in total. The topological polar surface area (TPSA) is 63.8 Å². The minimum atomic E-state index is 0.161. The molecule has 0 amide bonds. The first kappa shape index (κ1) is 12.0. The predicted molar refractivity (Wildman–Crippen MR) is 77.8 cm³/mol. The highest BCUT2D eigenvalue weighted by Crippen LogP contribution is 2.34. The van der Waals surface area contributed by atoms with Gasteiger partial charge < -0.3 is 11.1 Å². The monoisotopic (exact) mass is 254 g/mol. The lowest BCUT2D eigenvalue weighted by atomic mass is 9.78. The molecule has 98 valence electrons. The van der Waals surface area contributed by atoms with Crippen LogP contribution in [0.3, 0.4) is 0 Å². The molecule has 1 saturated carbocycles. The summed E-state index contributed by atoms with van der Waals surface area (Å²) in [5.74, 6) is 1.99. The van der Waals surface area contributed by atoms with Gasteiger partial charge >= 0.3 is 0 Å². The highest BCUT2D eigenvalue weighted by atomic mass is 15.1. The van der Waals surface area contributed by atoms with E-state index in [9.17, 15) is 0 Å². The van der Waals surface area contributed by atoms with Crippen LogP contribution in [-0.2, 0) is 0 Å². The minimum Gasteiger partial charge on any atom is -0.384 e. The molecule has 0 aliphatic heterocycles. The number of benzene rings is 1. The van der Waals surface area contributed by atoms with Crippen molar-refractivity contribution in [2.24, 2.45) is 0 Å². The van der Waals surface area contributed by atoms with E-state index >= 15 is 0 Å². The van der Waals surface area contributed by atoms with Crippen molar-refractivity contribution in [2.75, 3.05) is 11.1 Å². The molecule has 0 radical (unpaired) electrons. The molecule has 2 aromatic rings. The Balaban J connectivity index is 1.92. The van der Waals surface area contributed by atoms with E-state index in [1.165, 1.54) is 19.3 Å². The van der Waals surface area contributed by atoms with Gasteiger partial charge in [-0.3, -0.25) is 0 Å². The van der Waals surface area contributed by atoms with Crippen molar-refractivity contribution in [1.82, 2.24) is 9.97 Å². The second-order valence-electron chi connectivity index (χ2n) is 5.41. The summed E-state index contributed by atoms with van der Waals surface area (Å²) < 4.78 is 0. The summed E-state index contributed by atoms with van der Waals surface area (Å²) >= 11 is 0. The minimum absolute atomic E-state index is 0.161. The standard InChI is InChI=1S/C15H18N4/c1-15(8-5-9-15)19-13-10-12(16)17-14(18-13)11-6-3-2-4-7-11/h2-4,6-7,10H,5,8-9H2,1H3,(H3,16,17,18,19). The Hall–Kier alpha value is -2.10. The third-order valence-electron chi connectivity index (χ3n) is 3.66. The zero-order valence-electron chi connectivity index (χ0n) is 11.1. The van der Waals surface area contributed by atoms with Crippen LogP contribution in [0.4, 0.5) is 11.6 Å². The van der Waals surface area contributed by atoms with E-state index in [4.69, 9.17) is 5.73 Å². The molecule has 3 rings (SSSR count). The zero-order valence-corrected chi connectivity index (χ0v) is 11.1. The Labute approximate surface area is 113 Å². The van der Waals surface area contributed by atoms with E-state index in [-0.39, 0.29) is 5.54 Å². The third kappa shape index (κ3) is 2.52. The van der Waals surface area contributed by atoms with Crippen LogP contribution in [0.5, 0.6) is 0 Å². The maximum absolute atomic E-state index is 5.88. The number of nitrogens with zero attached hydrogens (tertiary/aromatic N) is 2. The Morgan fingerprint density at radius 3 is 2.53 bits per heavy atom. The highest BCUT2D eigenvalue weighted by Gasteiger charge is 2.31. The first-order chi connectivity index (χ1) is 9.15. The van der Waals surface area contributed by atoms with Crippen LogP contribution >= 0.6 is 0 Å². The van der Waals surface area contributed by atoms with E-state index in [0.717, 1.165) is 11.4 Å². The maximum atomic E-state index is 5.88. The zero-order chi connectivity index (χ0) is 13.3. The number of nitrogens with one attached hydrogen (secondary N) is 1. The molecule has 3 N–H and O–H groups in total. The first-order valence-corrected chi connectivity index (χ1v) is 6.63. The van der Waals surface area contributed by atoms with Gasteiger partial charge in [-0.25, -0.2) is 9.97 Å². The summed E-state index contributed by atoms with van der Waals surface area (Å²) in [6, 6.07) is 11.7. The van der Waals surface area contributed by atoms with Crippen LogP contribution < -0.4 is 11.1 Å². The van der Waals surface area contributed by atoms with Crippen LogP contribution in [0.25, 0.3) is 11.4 Å².